The summed E-state index contributed by atoms with van der Waals surface area (Å²) >= 11 is 12.4. The number of carbonyl (C=O) groups is 2. The van der Waals surface area contributed by atoms with Crippen molar-refractivity contribution in [3.63, 3.8) is 0 Å². The van der Waals surface area contributed by atoms with E-state index in [-0.39, 0.29) is 29.0 Å². The maximum Gasteiger partial charge on any atom is 0.278 e. The van der Waals surface area contributed by atoms with E-state index in [0.29, 0.717) is 22.2 Å². The Bertz CT molecular complexity index is 996. The molecule has 1 N–H and O–H groups in total. The number of anilines is 1. The minimum absolute atomic E-state index is 0.148. The van der Waals surface area contributed by atoms with E-state index in [2.05, 4.69) is 5.32 Å². The van der Waals surface area contributed by atoms with Crippen LogP contribution in [0.15, 0.2) is 42.1 Å². The van der Waals surface area contributed by atoms with Crippen molar-refractivity contribution in [3.05, 3.63) is 68.8 Å². The fourth-order valence-electron chi connectivity index (χ4n) is 3.17. The number of halogens is 2. The van der Waals surface area contributed by atoms with Gasteiger partial charge in [0.1, 0.15) is 5.70 Å². The van der Waals surface area contributed by atoms with Crippen molar-refractivity contribution in [1.29, 1.82) is 0 Å². The quantitative estimate of drug-likeness (QED) is 0.658. The molecule has 0 bridgehead atoms. The summed E-state index contributed by atoms with van der Waals surface area (Å²) in [6, 6.07) is 10.8. The Labute approximate surface area is 175 Å². The molecule has 1 aliphatic rings. The van der Waals surface area contributed by atoms with Gasteiger partial charge in [0.05, 0.1) is 10.6 Å². The van der Waals surface area contributed by atoms with Gasteiger partial charge in [-0.1, -0.05) is 55.2 Å². The minimum atomic E-state index is -0.351. The molecule has 0 saturated carbocycles. The molecule has 28 heavy (non-hydrogen) atoms. The van der Waals surface area contributed by atoms with Crippen LogP contribution in [-0.2, 0) is 9.59 Å². The number of nitrogens with one attached hydrogen (secondary N) is 1. The van der Waals surface area contributed by atoms with Gasteiger partial charge in [0, 0.05) is 22.8 Å². The maximum atomic E-state index is 13.2. The first-order chi connectivity index (χ1) is 13.2. The summed E-state index contributed by atoms with van der Waals surface area (Å²) in [5.74, 6) is -0.550. The number of carbonyl (C=O) groups excluding carboxylic acids is 2. The molecule has 2 amide bonds. The average molecular weight is 417 g/mol. The molecule has 0 spiro atoms. The zero-order chi connectivity index (χ0) is 20.6. The van der Waals surface area contributed by atoms with Gasteiger partial charge in [-0.25, -0.2) is 0 Å². The third-order valence-electron chi connectivity index (χ3n) is 4.57. The Kier molecular flexibility index (Phi) is 5.82. The molecule has 0 radical (unpaired) electrons. The van der Waals surface area contributed by atoms with Gasteiger partial charge >= 0.3 is 0 Å². The second-order valence-corrected chi connectivity index (χ2v) is 8.28. The van der Waals surface area contributed by atoms with E-state index < -0.39 is 0 Å². The summed E-state index contributed by atoms with van der Waals surface area (Å²) in [6.45, 7) is 8.19. The van der Waals surface area contributed by atoms with E-state index in [1.165, 1.54) is 4.90 Å². The number of benzene rings is 2. The van der Waals surface area contributed by atoms with E-state index in [9.17, 15) is 9.59 Å². The van der Waals surface area contributed by atoms with Gasteiger partial charge in [-0.3, -0.25) is 14.5 Å². The van der Waals surface area contributed by atoms with Gasteiger partial charge in [-0.05, 0) is 49.1 Å². The Morgan fingerprint density at radius 2 is 1.71 bits per heavy atom. The number of aryl methyl sites for hydroxylation is 2. The molecule has 6 heteroatoms. The Hall–Kier alpha value is -2.30. The number of amides is 2. The Morgan fingerprint density at radius 3 is 2.36 bits per heavy atom. The second kappa shape index (κ2) is 7.98. The lowest BCUT2D eigenvalue weighted by Crippen LogP contribution is -2.35. The lowest BCUT2D eigenvalue weighted by Gasteiger charge is -2.17. The summed E-state index contributed by atoms with van der Waals surface area (Å²) < 4.78 is 0. The molecule has 4 nitrogen and oxygen atoms in total. The Balaban J connectivity index is 2.15. The number of imide groups is 1. The smallest absolute Gasteiger partial charge is 0.278 e. The highest BCUT2D eigenvalue weighted by atomic mass is 35.5. The maximum absolute atomic E-state index is 13.2. The third-order valence-corrected chi connectivity index (χ3v) is 5.12. The van der Waals surface area contributed by atoms with Crippen LogP contribution in [0.3, 0.4) is 0 Å². The van der Waals surface area contributed by atoms with Crippen LogP contribution in [0.1, 0.15) is 30.5 Å². The van der Waals surface area contributed by atoms with Gasteiger partial charge in [0.15, 0.2) is 0 Å². The predicted molar refractivity (Wildman–Crippen MR) is 114 cm³/mol. The summed E-state index contributed by atoms with van der Waals surface area (Å²) in [5.41, 5.74) is 3.81. The molecule has 0 aliphatic carbocycles. The van der Waals surface area contributed by atoms with Crippen molar-refractivity contribution < 1.29 is 9.59 Å². The molecular formula is C22H22Cl2N2O2. The van der Waals surface area contributed by atoms with Gasteiger partial charge in [-0.15, -0.1) is 0 Å². The van der Waals surface area contributed by atoms with Crippen molar-refractivity contribution >= 4 is 46.3 Å². The molecule has 0 fully saturated rings. The fraction of sp³-hybridized carbons (Fsp3) is 0.273. The molecule has 0 aromatic heterocycles. The lowest BCUT2D eigenvalue weighted by atomic mass is 10.0. The standard InChI is InChI=1S/C22H22Cl2N2O2/c1-12(2)11-26-21(27)19(16-8-7-15(23)10-17(16)24)20(22(26)28)25-18-9-13(3)5-6-14(18)4/h5-10,12,25H,11H2,1-4H3. The molecule has 2 aromatic carbocycles. The first-order valence-electron chi connectivity index (χ1n) is 9.09. The van der Waals surface area contributed by atoms with Crippen LogP contribution in [0, 0.1) is 19.8 Å². The SMILES string of the molecule is Cc1ccc(C)c(NC2=C(c3ccc(Cl)cc3Cl)C(=O)N(CC(C)C)C2=O)c1. The van der Waals surface area contributed by atoms with Crippen molar-refractivity contribution in [1.82, 2.24) is 4.90 Å². The molecule has 146 valence electrons. The highest BCUT2D eigenvalue weighted by Crippen LogP contribution is 2.36. The number of rotatable bonds is 5. The third kappa shape index (κ3) is 3.94. The van der Waals surface area contributed by atoms with E-state index in [4.69, 9.17) is 23.2 Å². The topological polar surface area (TPSA) is 49.4 Å². The van der Waals surface area contributed by atoms with Crippen molar-refractivity contribution in [2.75, 3.05) is 11.9 Å². The average Bonchev–Trinajstić information content (AvgIpc) is 2.83. The highest BCUT2D eigenvalue weighted by molar-refractivity contribution is 6.41. The molecule has 3 rings (SSSR count). The van der Waals surface area contributed by atoms with Crippen LogP contribution in [-0.4, -0.2) is 23.3 Å². The zero-order valence-corrected chi connectivity index (χ0v) is 17.8. The highest BCUT2D eigenvalue weighted by Gasteiger charge is 2.40. The van der Waals surface area contributed by atoms with Crippen LogP contribution < -0.4 is 5.32 Å². The first kappa shape index (κ1) is 20.4. The van der Waals surface area contributed by atoms with Crippen LogP contribution in [0.2, 0.25) is 10.0 Å². The summed E-state index contributed by atoms with van der Waals surface area (Å²) in [6.07, 6.45) is 0. The van der Waals surface area contributed by atoms with Gasteiger partial charge in [-0.2, -0.15) is 0 Å². The number of nitrogens with zero attached hydrogens (tertiary/aromatic N) is 1. The second-order valence-electron chi connectivity index (χ2n) is 7.43. The largest absolute Gasteiger partial charge is 0.350 e. The molecule has 0 unspecified atom stereocenters. The van der Waals surface area contributed by atoms with Gasteiger partial charge in [0.25, 0.3) is 11.8 Å². The Morgan fingerprint density at radius 1 is 1.00 bits per heavy atom. The number of hydrogen-bond acceptors (Lipinski definition) is 3. The lowest BCUT2D eigenvalue weighted by molar-refractivity contribution is -0.137. The normalized spacial score (nSPS) is 14.5. The summed E-state index contributed by atoms with van der Waals surface area (Å²) in [4.78, 5) is 27.6. The van der Waals surface area contributed by atoms with Gasteiger partial charge in [0.2, 0.25) is 0 Å². The van der Waals surface area contributed by atoms with E-state index >= 15 is 0 Å². The van der Waals surface area contributed by atoms with E-state index in [1.807, 2.05) is 45.9 Å². The molecular weight excluding hydrogens is 395 g/mol. The molecule has 0 saturated heterocycles. The fourth-order valence-corrected chi connectivity index (χ4v) is 3.67. The predicted octanol–water partition coefficient (Wildman–Crippen LogP) is 5.46. The summed E-state index contributed by atoms with van der Waals surface area (Å²) in [7, 11) is 0. The minimum Gasteiger partial charge on any atom is -0.350 e. The van der Waals surface area contributed by atoms with Crippen LogP contribution in [0.4, 0.5) is 5.69 Å². The molecule has 2 aromatic rings. The van der Waals surface area contributed by atoms with Crippen molar-refractivity contribution in [3.8, 4) is 0 Å². The van der Waals surface area contributed by atoms with Crippen LogP contribution in [0.25, 0.3) is 5.57 Å². The number of hydrogen-bond donors (Lipinski definition) is 1. The van der Waals surface area contributed by atoms with Crippen LogP contribution >= 0.6 is 23.2 Å². The zero-order valence-electron chi connectivity index (χ0n) is 16.3. The van der Waals surface area contributed by atoms with E-state index in [0.717, 1.165) is 16.8 Å². The molecule has 0 atom stereocenters. The van der Waals surface area contributed by atoms with Crippen molar-refractivity contribution in [2.24, 2.45) is 5.92 Å². The first-order valence-corrected chi connectivity index (χ1v) is 9.84. The molecule has 1 heterocycles. The van der Waals surface area contributed by atoms with Crippen molar-refractivity contribution in [2.45, 2.75) is 27.7 Å². The monoisotopic (exact) mass is 416 g/mol. The van der Waals surface area contributed by atoms with Crippen LogP contribution in [0.5, 0.6) is 0 Å². The van der Waals surface area contributed by atoms with E-state index in [1.54, 1.807) is 18.2 Å². The van der Waals surface area contributed by atoms with Gasteiger partial charge < -0.3 is 5.32 Å². The summed E-state index contributed by atoms with van der Waals surface area (Å²) in [5, 5.41) is 4.00. The molecule has 1 aliphatic heterocycles.